The number of anilines is 1. The number of carbonyl (C=O) groups excluding carboxylic acids is 2. The van der Waals surface area contributed by atoms with Gasteiger partial charge in [0.2, 0.25) is 11.8 Å². The number of benzene rings is 3. The van der Waals surface area contributed by atoms with Gasteiger partial charge in [-0.25, -0.2) is 4.68 Å². The molecule has 0 spiro atoms. The van der Waals surface area contributed by atoms with Crippen LogP contribution in [-0.4, -0.2) is 46.6 Å². The van der Waals surface area contributed by atoms with Crippen LogP contribution in [0.2, 0.25) is 0 Å². The Morgan fingerprint density at radius 1 is 1.00 bits per heavy atom. The summed E-state index contributed by atoms with van der Waals surface area (Å²) in [6, 6.07) is 17.5. The van der Waals surface area contributed by atoms with Gasteiger partial charge in [-0.05, 0) is 64.4 Å². The summed E-state index contributed by atoms with van der Waals surface area (Å²) in [6.07, 6.45) is 0. The second-order valence-corrected chi connectivity index (χ2v) is 10.5. The Hall–Kier alpha value is -4.40. The molecule has 3 aromatic carbocycles. The number of methoxy groups -OCH3 is 2. The first kappa shape index (κ1) is 27.6. The van der Waals surface area contributed by atoms with E-state index in [1.54, 1.807) is 22.9 Å². The van der Waals surface area contributed by atoms with Gasteiger partial charge in [0.05, 0.1) is 19.7 Å². The number of aromatic nitrogens is 3. The highest BCUT2D eigenvalue weighted by atomic mass is 16.5. The van der Waals surface area contributed by atoms with Gasteiger partial charge < -0.3 is 14.8 Å². The summed E-state index contributed by atoms with van der Waals surface area (Å²) in [5, 5.41) is 11.5. The fourth-order valence-corrected chi connectivity index (χ4v) is 4.69. The third-order valence-electron chi connectivity index (χ3n) is 6.32. The van der Waals surface area contributed by atoms with Gasteiger partial charge in [0.25, 0.3) is 0 Å². The zero-order chi connectivity index (χ0) is 28.3. The fraction of sp³-hybridized carbons (Fsp3) is 0.333. The number of nitrogens with zero attached hydrogens (tertiary/aromatic N) is 4. The SMILES string of the molecule is COc1cccc(C(C(=O)NC(C)(C)C)N(C(=O)Cn2nnc3ccccc32)c2ccc(C)cc2C)c1OC. The Morgan fingerprint density at radius 2 is 1.74 bits per heavy atom. The smallest absolute Gasteiger partial charge is 0.249 e. The summed E-state index contributed by atoms with van der Waals surface area (Å²) in [7, 11) is 3.06. The Labute approximate surface area is 228 Å². The summed E-state index contributed by atoms with van der Waals surface area (Å²) in [5.41, 5.74) is 3.84. The largest absolute Gasteiger partial charge is 0.493 e. The molecule has 1 heterocycles. The lowest BCUT2D eigenvalue weighted by Crippen LogP contribution is -2.50. The van der Waals surface area contributed by atoms with E-state index in [1.807, 2.05) is 77.1 Å². The van der Waals surface area contributed by atoms with E-state index in [-0.39, 0.29) is 18.4 Å². The zero-order valence-corrected chi connectivity index (χ0v) is 23.5. The Kier molecular flexibility index (Phi) is 7.90. The number of amides is 2. The van der Waals surface area contributed by atoms with E-state index in [0.717, 1.165) is 16.6 Å². The van der Waals surface area contributed by atoms with Crippen LogP contribution in [0.5, 0.6) is 11.5 Å². The maximum absolute atomic E-state index is 14.3. The highest BCUT2D eigenvalue weighted by Crippen LogP contribution is 2.40. The number of rotatable bonds is 8. The number of aryl methyl sites for hydroxylation is 2. The summed E-state index contributed by atoms with van der Waals surface area (Å²) in [6.45, 7) is 9.48. The molecule has 9 nitrogen and oxygen atoms in total. The number of para-hydroxylation sites is 2. The van der Waals surface area contributed by atoms with E-state index >= 15 is 0 Å². The molecule has 0 aliphatic carbocycles. The van der Waals surface area contributed by atoms with Crippen LogP contribution in [0.15, 0.2) is 60.7 Å². The second-order valence-electron chi connectivity index (χ2n) is 10.5. The van der Waals surface area contributed by atoms with Crippen LogP contribution in [0.4, 0.5) is 5.69 Å². The third-order valence-corrected chi connectivity index (χ3v) is 6.32. The average molecular weight is 530 g/mol. The minimum atomic E-state index is -1.07. The quantitative estimate of drug-likeness (QED) is 0.354. The van der Waals surface area contributed by atoms with E-state index in [0.29, 0.717) is 28.3 Å². The van der Waals surface area contributed by atoms with Gasteiger partial charge in [-0.3, -0.25) is 14.5 Å². The minimum Gasteiger partial charge on any atom is -0.493 e. The number of carbonyl (C=O) groups is 2. The van der Waals surface area contributed by atoms with Crippen LogP contribution < -0.4 is 19.7 Å². The molecule has 0 fully saturated rings. The van der Waals surface area contributed by atoms with Gasteiger partial charge in [-0.1, -0.05) is 47.2 Å². The highest BCUT2D eigenvalue weighted by Gasteiger charge is 2.38. The first-order valence-electron chi connectivity index (χ1n) is 12.7. The monoisotopic (exact) mass is 529 g/mol. The first-order chi connectivity index (χ1) is 18.5. The van der Waals surface area contributed by atoms with Gasteiger partial charge in [-0.2, -0.15) is 0 Å². The number of ether oxygens (including phenoxy) is 2. The molecule has 0 bridgehead atoms. The van der Waals surface area contributed by atoms with E-state index in [4.69, 9.17) is 9.47 Å². The van der Waals surface area contributed by atoms with Gasteiger partial charge in [-0.15, -0.1) is 5.10 Å². The minimum absolute atomic E-state index is 0.126. The summed E-state index contributed by atoms with van der Waals surface area (Å²) in [5.74, 6) is 0.143. The van der Waals surface area contributed by atoms with Crippen LogP contribution in [0.1, 0.15) is 43.5 Å². The van der Waals surface area contributed by atoms with Gasteiger partial charge in [0, 0.05) is 16.8 Å². The van der Waals surface area contributed by atoms with Crippen molar-refractivity contribution in [2.75, 3.05) is 19.1 Å². The van der Waals surface area contributed by atoms with Crippen molar-refractivity contribution in [1.82, 2.24) is 20.3 Å². The Balaban J connectivity index is 1.93. The molecule has 1 aromatic heterocycles. The molecule has 2 amide bonds. The van der Waals surface area contributed by atoms with Crippen molar-refractivity contribution in [3.05, 3.63) is 77.4 Å². The lowest BCUT2D eigenvalue weighted by atomic mass is 9.98. The maximum Gasteiger partial charge on any atom is 0.249 e. The Morgan fingerprint density at radius 3 is 2.41 bits per heavy atom. The molecule has 0 saturated carbocycles. The molecule has 0 saturated heterocycles. The lowest BCUT2D eigenvalue weighted by Gasteiger charge is -2.35. The van der Waals surface area contributed by atoms with Crippen LogP contribution in [0.25, 0.3) is 11.0 Å². The van der Waals surface area contributed by atoms with Crippen molar-refractivity contribution in [1.29, 1.82) is 0 Å². The van der Waals surface area contributed by atoms with Crippen molar-refractivity contribution in [3.8, 4) is 11.5 Å². The van der Waals surface area contributed by atoms with E-state index in [9.17, 15) is 9.59 Å². The van der Waals surface area contributed by atoms with Crippen molar-refractivity contribution >= 4 is 28.5 Å². The predicted octanol–water partition coefficient (Wildman–Crippen LogP) is 4.75. The number of nitrogens with one attached hydrogen (secondary N) is 1. The van der Waals surface area contributed by atoms with Crippen molar-refractivity contribution in [2.45, 2.75) is 52.7 Å². The highest BCUT2D eigenvalue weighted by molar-refractivity contribution is 6.02. The second kappa shape index (κ2) is 11.1. The standard InChI is InChI=1S/C30H35N5O4/c1-19-15-16-23(20(2)17-19)35(26(36)18-34-24-13-9-8-12-22(24)32-33-34)27(29(37)31-30(3,4)5)21-11-10-14-25(38-6)28(21)39-7/h8-17,27H,18H2,1-7H3,(H,31,37). The summed E-state index contributed by atoms with van der Waals surface area (Å²) < 4.78 is 12.8. The molecule has 204 valence electrons. The molecule has 1 N–H and O–H groups in total. The van der Waals surface area contributed by atoms with Crippen LogP contribution in [-0.2, 0) is 16.1 Å². The van der Waals surface area contributed by atoms with E-state index in [2.05, 4.69) is 15.6 Å². The van der Waals surface area contributed by atoms with E-state index in [1.165, 1.54) is 19.1 Å². The molecule has 39 heavy (non-hydrogen) atoms. The van der Waals surface area contributed by atoms with Crippen LogP contribution in [0.3, 0.4) is 0 Å². The molecule has 9 heteroatoms. The van der Waals surface area contributed by atoms with Crippen LogP contribution >= 0.6 is 0 Å². The average Bonchev–Trinajstić information content (AvgIpc) is 3.28. The first-order valence-corrected chi connectivity index (χ1v) is 12.7. The molecular formula is C30H35N5O4. The molecular weight excluding hydrogens is 494 g/mol. The van der Waals surface area contributed by atoms with Crippen molar-refractivity contribution in [2.24, 2.45) is 0 Å². The molecule has 1 atom stereocenters. The zero-order valence-electron chi connectivity index (χ0n) is 23.5. The number of hydrogen-bond acceptors (Lipinski definition) is 6. The Bertz CT molecular complexity index is 1510. The van der Waals surface area contributed by atoms with Gasteiger partial charge in [0.15, 0.2) is 11.5 Å². The fourth-order valence-electron chi connectivity index (χ4n) is 4.69. The maximum atomic E-state index is 14.3. The van der Waals surface area contributed by atoms with Crippen molar-refractivity contribution < 1.29 is 19.1 Å². The summed E-state index contributed by atoms with van der Waals surface area (Å²) in [4.78, 5) is 30.0. The molecule has 0 aliphatic heterocycles. The summed E-state index contributed by atoms with van der Waals surface area (Å²) >= 11 is 0. The molecule has 0 radical (unpaired) electrons. The normalized spacial score (nSPS) is 12.2. The topological polar surface area (TPSA) is 98.6 Å². The molecule has 0 aliphatic rings. The predicted molar refractivity (Wildman–Crippen MR) is 151 cm³/mol. The van der Waals surface area contributed by atoms with Gasteiger partial charge in [0.1, 0.15) is 18.1 Å². The van der Waals surface area contributed by atoms with Gasteiger partial charge >= 0.3 is 0 Å². The molecule has 4 rings (SSSR count). The van der Waals surface area contributed by atoms with E-state index < -0.39 is 11.6 Å². The van der Waals surface area contributed by atoms with Crippen molar-refractivity contribution in [3.63, 3.8) is 0 Å². The number of hydrogen-bond donors (Lipinski definition) is 1. The number of fused-ring (bicyclic) bond motifs is 1. The molecule has 1 unspecified atom stereocenters. The lowest BCUT2D eigenvalue weighted by molar-refractivity contribution is -0.128. The molecule has 4 aromatic rings. The third kappa shape index (κ3) is 5.87. The van der Waals surface area contributed by atoms with Crippen LogP contribution in [0, 0.1) is 13.8 Å².